The molecule has 0 unspecified atom stereocenters. The third-order valence-corrected chi connectivity index (χ3v) is 3.01. The second-order valence-electron chi connectivity index (χ2n) is 2.87. The molecule has 0 amide bonds. The molecule has 15 heavy (non-hydrogen) atoms. The molecule has 0 saturated carbocycles. The highest BCUT2D eigenvalue weighted by Gasteiger charge is 2.05. The van der Waals surface area contributed by atoms with E-state index in [1.54, 1.807) is 19.1 Å². The van der Waals surface area contributed by atoms with Crippen molar-refractivity contribution in [1.82, 2.24) is 0 Å². The van der Waals surface area contributed by atoms with E-state index < -0.39 is 10.0 Å². The molecule has 0 aliphatic carbocycles. The minimum Gasteiger partial charge on any atom is -0.284 e. The summed E-state index contributed by atoms with van der Waals surface area (Å²) in [6.07, 6.45) is 0. The number of sulfonamides is 1. The van der Waals surface area contributed by atoms with E-state index in [1.165, 1.54) is 0 Å². The fourth-order valence-corrected chi connectivity index (χ4v) is 1.51. The van der Waals surface area contributed by atoms with Crippen LogP contribution in [-0.4, -0.2) is 14.2 Å². The van der Waals surface area contributed by atoms with Gasteiger partial charge in [0.05, 0.1) is 5.75 Å². The van der Waals surface area contributed by atoms with Gasteiger partial charge in [-0.15, -0.1) is 0 Å². The van der Waals surface area contributed by atoms with Gasteiger partial charge >= 0.3 is 0 Å². The van der Waals surface area contributed by atoms with E-state index in [1.807, 2.05) is 32.9 Å². The van der Waals surface area contributed by atoms with Gasteiger partial charge in [0.15, 0.2) is 0 Å². The molecule has 0 fully saturated rings. The van der Waals surface area contributed by atoms with E-state index in [4.69, 9.17) is 0 Å². The Morgan fingerprint density at radius 1 is 1.13 bits per heavy atom. The Balaban J connectivity index is 0.000000921. The van der Waals surface area contributed by atoms with Crippen LogP contribution in [0.2, 0.25) is 0 Å². The van der Waals surface area contributed by atoms with E-state index in [-0.39, 0.29) is 5.75 Å². The molecule has 0 bridgehead atoms. The van der Waals surface area contributed by atoms with Crippen molar-refractivity contribution in [1.29, 1.82) is 0 Å². The summed E-state index contributed by atoms with van der Waals surface area (Å²) in [5.41, 5.74) is 1.73. The van der Waals surface area contributed by atoms with E-state index in [0.717, 1.165) is 5.56 Å². The van der Waals surface area contributed by atoms with Crippen LogP contribution in [0.25, 0.3) is 0 Å². The smallest absolute Gasteiger partial charge is 0.232 e. The molecule has 86 valence electrons. The SMILES string of the molecule is CC.CCS(=O)(=O)Nc1ccc(C)cc1. The fourth-order valence-electron chi connectivity index (χ4n) is 0.873. The molecular weight excluding hydrogens is 210 g/mol. The molecule has 0 heterocycles. The Hall–Kier alpha value is -1.03. The van der Waals surface area contributed by atoms with Crippen LogP contribution in [0.3, 0.4) is 0 Å². The zero-order chi connectivity index (χ0) is 11.9. The predicted octanol–water partition coefficient (Wildman–Crippen LogP) is 2.78. The topological polar surface area (TPSA) is 46.2 Å². The van der Waals surface area contributed by atoms with Gasteiger partial charge in [-0.2, -0.15) is 0 Å². The van der Waals surface area contributed by atoms with Gasteiger partial charge in [-0.05, 0) is 26.0 Å². The molecule has 1 aromatic rings. The summed E-state index contributed by atoms with van der Waals surface area (Å²) in [5, 5.41) is 0. The Morgan fingerprint density at radius 3 is 2.00 bits per heavy atom. The van der Waals surface area contributed by atoms with Gasteiger partial charge in [0.25, 0.3) is 0 Å². The summed E-state index contributed by atoms with van der Waals surface area (Å²) in [4.78, 5) is 0. The van der Waals surface area contributed by atoms with Crippen LogP contribution in [0.1, 0.15) is 26.3 Å². The van der Waals surface area contributed by atoms with Gasteiger partial charge in [-0.25, -0.2) is 8.42 Å². The lowest BCUT2D eigenvalue weighted by atomic mass is 10.2. The van der Waals surface area contributed by atoms with Gasteiger partial charge in [0, 0.05) is 5.69 Å². The van der Waals surface area contributed by atoms with Gasteiger partial charge in [0.2, 0.25) is 10.0 Å². The highest BCUT2D eigenvalue weighted by atomic mass is 32.2. The zero-order valence-electron chi connectivity index (χ0n) is 9.74. The second kappa shape index (κ2) is 6.45. The van der Waals surface area contributed by atoms with Crippen LogP contribution >= 0.6 is 0 Å². The van der Waals surface area contributed by atoms with Crippen molar-refractivity contribution < 1.29 is 8.42 Å². The van der Waals surface area contributed by atoms with Gasteiger partial charge in [-0.1, -0.05) is 31.5 Å². The first-order chi connectivity index (χ1) is 7.03. The van der Waals surface area contributed by atoms with Gasteiger partial charge in [0.1, 0.15) is 0 Å². The van der Waals surface area contributed by atoms with Gasteiger partial charge < -0.3 is 0 Å². The van der Waals surface area contributed by atoms with Crippen LogP contribution in [0.15, 0.2) is 24.3 Å². The maximum atomic E-state index is 11.1. The summed E-state index contributed by atoms with van der Waals surface area (Å²) >= 11 is 0. The van der Waals surface area contributed by atoms with Crippen molar-refractivity contribution in [2.45, 2.75) is 27.7 Å². The Labute approximate surface area is 92.6 Å². The highest BCUT2D eigenvalue weighted by molar-refractivity contribution is 7.92. The van der Waals surface area contributed by atoms with E-state index in [9.17, 15) is 8.42 Å². The number of benzene rings is 1. The summed E-state index contributed by atoms with van der Waals surface area (Å²) in [7, 11) is -3.14. The molecule has 0 atom stereocenters. The van der Waals surface area contributed by atoms with Crippen molar-refractivity contribution in [2.24, 2.45) is 0 Å². The molecule has 0 saturated heterocycles. The monoisotopic (exact) mass is 229 g/mol. The quantitative estimate of drug-likeness (QED) is 0.866. The Kier molecular flexibility index (Phi) is 6.01. The number of anilines is 1. The van der Waals surface area contributed by atoms with Crippen LogP contribution in [0, 0.1) is 6.92 Å². The molecule has 0 radical (unpaired) electrons. The molecule has 0 aromatic heterocycles. The van der Waals surface area contributed by atoms with Crippen LogP contribution in [0.4, 0.5) is 5.69 Å². The lowest BCUT2D eigenvalue weighted by molar-refractivity contribution is 0.602. The predicted molar refractivity (Wildman–Crippen MR) is 65.6 cm³/mol. The van der Waals surface area contributed by atoms with E-state index in [0.29, 0.717) is 5.69 Å². The van der Waals surface area contributed by atoms with Crippen molar-refractivity contribution in [3.05, 3.63) is 29.8 Å². The Bertz CT molecular complexity index is 368. The maximum absolute atomic E-state index is 11.1. The van der Waals surface area contributed by atoms with E-state index >= 15 is 0 Å². The highest BCUT2D eigenvalue weighted by Crippen LogP contribution is 2.10. The molecule has 0 aliphatic rings. The number of hydrogen-bond donors (Lipinski definition) is 1. The minimum atomic E-state index is -3.14. The van der Waals surface area contributed by atoms with Crippen molar-refractivity contribution in [2.75, 3.05) is 10.5 Å². The summed E-state index contributed by atoms with van der Waals surface area (Å²) in [6, 6.07) is 7.24. The lowest BCUT2D eigenvalue weighted by Crippen LogP contribution is -2.14. The number of nitrogens with one attached hydrogen (secondary N) is 1. The molecular formula is C11H19NO2S. The molecule has 4 heteroatoms. The first kappa shape index (κ1) is 14.0. The third kappa shape index (κ3) is 5.42. The normalized spacial score (nSPS) is 10.1. The van der Waals surface area contributed by atoms with E-state index in [2.05, 4.69) is 4.72 Å². The number of rotatable bonds is 3. The molecule has 1 aromatic carbocycles. The van der Waals surface area contributed by atoms with Crippen LogP contribution < -0.4 is 4.72 Å². The van der Waals surface area contributed by atoms with Crippen molar-refractivity contribution in [3.8, 4) is 0 Å². The Morgan fingerprint density at radius 2 is 1.60 bits per heavy atom. The van der Waals surface area contributed by atoms with Gasteiger partial charge in [-0.3, -0.25) is 4.72 Å². The molecule has 1 rings (SSSR count). The first-order valence-electron chi connectivity index (χ1n) is 5.10. The van der Waals surface area contributed by atoms with Crippen LogP contribution in [-0.2, 0) is 10.0 Å². The zero-order valence-corrected chi connectivity index (χ0v) is 10.6. The number of hydrogen-bond acceptors (Lipinski definition) is 2. The molecule has 3 nitrogen and oxygen atoms in total. The standard InChI is InChI=1S/C9H13NO2S.C2H6/c1-3-13(11,12)10-9-6-4-8(2)5-7-9;1-2/h4-7,10H,3H2,1-2H3;1-2H3. The number of aryl methyl sites for hydroxylation is 1. The lowest BCUT2D eigenvalue weighted by Gasteiger charge is -2.05. The summed E-state index contributed by atoms with van der Waals surface area (Å²) < 4.78 is 24.8. The molecule has 0 aliphatic heterocycles. The third-order valence-electron chi connectivity index (χ3n) is 1.70. The van der Waals surface area contributed by atoms with Crippen LogP contribution in [0.5, 0.6) is 0 Å². The maximum Gasteiger partial charge on any atom is 0.232 e. The minimum absolute atomic E-state index is 0.0981. The molecule has 1 N–H and O–H groups in total. The summed E-state index contributed by atoms with van der Waals surface area (Å²) in [6.45, 7) is 7.56. The van der Waals surface area contributed by atoms with Crippen molar-refractivity contribution >= 4 is 15.7 Å². The average molecular weight is 229 g/mol. The fraction of sp³-hybridized carbons (Fsp3) is 0.455. The second-order valence-corrected chi connectivity index (χ2v) is 4.88. The molecule has 0 spiro atoms. The summed E-state index contributed by atoms with van der Waals surface area (Å²) in [5.74, 6) is 0.0981. The largest absolute Gasteiger partial charge is 0.284 e. The average Bonchev–Trinajstić information content (AvgIpc) is 2.24. The first-order valence-corrected chi connectivity index (χ1v) is 6.76. The van der Waals surface area contributed by atoms with Crippen molar-refractivity contribution in [3.63, 3.8) is 0 Å².